The van der Waals surface area contributed by atoms with Crippen molar-refractivity contribution in [3.05, 3.63) is 28.6 Å². The zero-order chi connectivity index (χ0) is 13.5. The molecule has 0 aliphatic carbocycles. The van der Waals surface area contributed by atoms with E-state index in [1.807, 2.05) is 13.8 Å². The molecule has 1 unspecified atom stereocenters. The van der Waals surface area contributed by atoms with Crippen molar-refractivity contribution in [2.24, 2.45) is 5.92 Å². The number of hydrogen-bond acceptors (Lipinski definition) is 3. The third-order valence-electron chi connectivity index (χ3n) is 2.25. The molecule has 1 aromatic heterocycles. The molecular weight excluding hydrogens is 298 g/mol. The van der Waals surface area contributed by atoms with Crippen LogP contribution in [0.25, 0.3) is 6.08 Å². The molecule has 0 spiro atoms. The summed E-state index contributed by atoms with van der Waals surface area (Å²) in [7, 11) is 0. The van der Waals surface area contributed by atoms with Crippen LogP contribution in [0, 0.1) is 5.92 Å². The molecule has 2 N–H and O–H groups in total. The van der Waals surface area contributed by atoms with E-state index in [0.29, 0.717) is 22.8 Å². The average molecular weight is 316 g/mol. The molecule has 0 aliphatic heterocycles. The Morgan fingerprint density at radius 3 is 2.83 bits per heavy atom. The monoisotopic (exact) mass is 315 g/mol. The summed E-state index contributed by atoms with van der Waals surface area (Å²) in [6, 6.07) is 3.51. The number of amides is 1. The summed E-state index contributed by atoms with van der Waals surface area (Å²) >= 11 is 3.18. The molecule has 0 saturated carbocycles. The first kappa shape index (κ1) is 15.0. The lowest BCUT2D eigenvalue weighted by Gasteiger charge is -2.12. The first-order valence-corrected chi connectivity index (χ1v) is 6.66. The molecular formula is C13H18BrNO3. The van der Waals surface area contributed by atoms with Crippen LogP contribution in [-0.4, -0.2) is 23.7 Å². The van der Waals surface area contributed by atoms with Gasteiger partial charge in [-0.25, -0.2) is 0 Å². The lowest BCUT2D eigenvalue weighted by Crippen LogP contribution is -2.31. The van der Waals surface area contributed by atoms with Gasteiger partial charge < -0.3 is 14.8 Å². The zero-order valence-electron chi connectivity index (χ0n) is 10.5. The minimum atomic E-state index is -0.500. The third kappa shape index (κ3) is 6.02. The maximum atomic E-state index is 11.5. The second-order valence-electron chi connectivity index (χ2n) is 4.50. The normalized spacial score (nSPS) is 13.2. The van der Waals surface area contributed by atoms with Crippen LogP contribution < -0.4 is 5.32 Å². The van der Waals surface area contributed by atoms with Crippen molar-refractivity contribution in [3.8, 4) is 0 Å². The molecule has 0 bridgehead atoms. The minimum Gasteiger partial charge on any atom is -0.450 e. The van der Waals surface area contributed by atoms with Crippen molar-refractivity contribution in [1.82, 2.24) is 5.32 Å². The van der Waals surface area contributed by atoms with Gasteiger partial charge in [-0.3, -0.25) is 4.79 Å². The highest BCUT2D eigenvalue weighted by atomic mass is 79.9. The number of carbonyl (C=O) groups excluding carboxylic acids is 1. The summed E-state index contributed by atoms with van der Waals surface area (Å²) in [4.78, 5) is 11.5. The molecule has 1 atom stereocenters. The molecule has 0 saturated heterocycles. The molecule has 0 aliphatic rings. The minimum absolute atomic E-state index is 0.245. The number of furan rings is 1. The van der Waals surface area contributed by atoms with Crippen LogP contribution in [0.4, 0.5) is 0 Å². The van der Waals surface area contributed by atoms with Gasteiger partial charge in [-0.15, -0.1) is 0 Å². The number of rotatable bonds is 6. The second kappa shape index (κ2) is 7.38. The lowest BCUT2D eigenvalue weighted by molar-refractivity contribution is -0.116. The Morgan fingerprint density at radius 1 is 1.56 bits per heavy atom. The van der Waals surface area contributed by atoms with Crippen molar-refractivity contribution in [1.29, 1.82) is 0 Å². The van der Waals surface area contributed by atoms with E-state index in [1.54, 1.807) is 18.2 Å². The Hall–Kier alpha value is -1.07. The van der Waals surface area contributed by atoms with E-state index in [9.17, 15) is 9.90 Å². The number of aliphatic hydroxyl groups is 1. The molecule has 18 heavy (non-hydrogen) atoms. The van der Waals surface area contributed by atoms with Crippen LogP contribution in [0.5, 0.6) is 0 Å². The van der Waals surface area contributed by atoms with E-state index in [2.05, 4.69) is 21.2 Å². The summed E-state index contributed by atoms with van der Waals surface area (Å²) in [6.07, 6.45) is 3.14. The largest absolute Gasteiger partial charge is 0.450 e. The smallest absolute Gasteiger partial charge is 0.244 e. The number of carbonyl (C=O) groups is 1. The summed E-state index contributed by atoms with van der Waals surface area (Å²) in [5.74, 6) is 0.762. The maximum Gasteiger partial charge on any atom is 0.244 e. The van der Waals surface area contributed by atoms with Crippen molar-refractivity contribution in [3.63, 3.8) is 0 Å². The molecule has 0 aromatic carbocycles. The standard InChI is InChI=1S/C13H18BrNO3/c1-9(2)7-10(16)8-15-13(17)6-4-11-3-5-12(14)18-11/h3-6,9-10,16H,7-8H2,1-2H3,(H,15,17)/b6-4+. The van der Waals surface area contributed by atoms with Crippen LogP contribution in [-0.2, 0) is 4.79 Å². The Labute approximate surface area is 115 Å². The van der Waals surface area contributed by atoms with Crippen LogP contribution in [0.1, 0.15) is 26.0 Å². The summed E-state index contributed by atoms with van der Waals surface area (Å²) < 4.78 is 5.83. The van der Waals surface area contributed by atoms with Gasteiger partial charge in [0.05, 0.1) is 6.10 Å². The maximum absolute atomic E-state index is 11.5. The molecule has 0 fully saturated rings. The molecule has 1 amide bonds. The quantitative estimate of drug-likeness (QED) is 0.793. The molecule has 100 valence electrons. The van der Waals surface area contributed by atoms with Gasteiger partial charge in [0.1, 0.15) is 5.76 Å². The van der Waals surface area contributed by atoms with E-state index >= 15 is 0 Å². The van der Waals surface area contributed by atoms with Gasteiger partial charge in [0.15, 0.2) is 4.67 Å². The highest BCUT2D eigenvalue weighted by molar-refractivity contribution is 9.10. The second-order valence-corrected chi connectivity index (χ2v) is 5.29. The van der Waals surface area contributed by atoms with E-state index in [1.165, 1.54) is 6.08 Å². The average Bonchev–Trinajstić information content (AvgIpc) is 2.69. The van der Waals surface area contributed by atoms with Crippen molar-refractivity contribution in [2.75, 3.05) is 6.54 Å². The van der Waals surface area contributed by atoms with Crippen molar-refractivity contribution >= 4 is 27.9 Å². The predicted molar refractivity (Wildman–Crippen MR) is 73.9 cm³/mol. The predicted octanol–water partition coefficient (Wildman–Crippen LogP) is 2.58. The van der Waals surface area contributed by atoms with E-state index in [-0.39, 0.29) is 12.5 Å². The summed E-state index contributed by atoms with van der Waals surface area (Å²) in [5.41, 5.74) is 0. The molecule has 4 nitrogen and oxygen atoms in total. The Bertz CT molecular complexity index is 412. The Kier molecular flexibility index (Phi) is 6.15. The Morgan fingerprint density at radius 2 is 2.28 bits per heavy atom. The van der Waals surface area contributed by atoms with Crippen molar-refractivity contribution < 1.29 is 14.3 Å². The van der Waals surface area contributed by atoms with Gasteiger partial charge in [0, 0.05) is 12.6 Å². The molecule has 1 heterocycles. The van der Waals surface area contributed by atoms with Gasteiger partial charge >= 0.3 is 0 Å². The highest BCUT2D eigenvalue weighted by Crippen LogP contribution is 2.14. The fourth-order valence-corrected chi connectivity index (χ4v) is 1.80. The van der Waals surface area contributed by atoms with Crippen LogP contribution in [0.15, 0.2) is 27.3 Å². The number of hydrogen-bond donors (Lipinski definition) is 2. The van der Waals surface area contributed by atoms with Gasteiger partial charge in [0.25, 0.3) is 0 Å². The van der Waals surface area contributed by atoms with Crippen molar-refractivity contribution in [2.45, 2.75) is 26.4 Å². The van der Waals surface area contributed by atoms with E-state index < -0.39 is 6.10 Å². The number of nitrogens with one attached hydrogen (secondary N) is 1. The zero-order valence-corrected chi connectivity index (χ0v) is 12.1. The van der Waals surface area contributed by atoms with Crippen LogP contribution in [0.2, 0.25) is 0 Å². The van der Waals surface area contributed by atoms with Gasteiger partial charge in [-0.1, -0.05) is 13.8 Å². The summed E-state index contributed by atoms with van der Waals surface area (Å²) in [5, 5.41) is 12.2. The first-order valence-electron chi connectivity index (χ1n) is 5.86. The third-order valence-corrected chi connectivity index (χ3v) is 2.67. The topological polar surface area (TPSA) is 62.5 Å². The lowest BCUT2D eigenvalue weighted by atomic mass is 10.1. The van der Waals surface area contributed by atoms with Crippen LogP contribution >= 0.6 is 15.9 Å². The molecule has 1 rings (SSSR count). The van der Waals surface area contributed by atoms with Gasteiger partial charge in [-0.2, -0.15) is 0 Å². The molecule has 0 radical (unpaired) electrons. The molecule has 1 aromatic rings. The number of aliphatic hydroxyl groups excluding tert-OH is 1. The first-order chi connectivity index (χ1) is 8.47. The SMILES string of the molecule is CC(C)CC(O)CNC(=O)/C=C/c1ccc(Br)o1. The molecule has 5 heteroatoms. The van der Waals surface area contributed by atoms with Gasteiger partial charge in [-0.05, 0) is 46.5 Å². The van der Waals surface area contributed by atoms with Crippen LogP contribution in [0.3, 0.4) is 0 Å². The van der Waals surface area contributed by atoms with E-state index in [4.69, 9.17) is 4.42 Å². The Balaban J connectivity index is 2.31. The number of halogens is 1. The fourth-order valence-electron chi connectivity index (χ4n) is 1.48. The van der Waals surface area contributed by atoms with Gasteiger partial charge in [0.2, 0.25) is 5.91 Å². The summed E-state index contributed by atoms with van der Waals surface area (Å²) in [6.45, 7) is 4.32. The highest BCUT2D eigenvalue weighted by Gasteiger charge is 2.07. The fraction of sp³-hybridized carbons (Fsp3) is 0.462. The van der Waals surface area contributed by atoms with E-state index in [0.717, 1.165) is 0 Å².